The minimum absolute atomic E-state index is 0.412. The molecule has 1 aromatic carbocycles. The van der Waals surface area contributed by atoms with Crippen molar-refractivity contribution in [1.29, 1.82) is 0 Å². The second-order valence-electron chi connectivity index (χ2n) is 5.32. The third-order valence-corrected chi connectivity index (χ3v) is 4.02. The van der Waals surface area contributed by atoms with Crippen molar-refractivity contribution in [3.63, 3.8) is 0 Å². The molecule has 1 saturated carbocycles. The van der Waals surface area contributed by atoms with Crippen LogP contribution in [0.4, 0.5) is 0 Å². The maximum Gasteiger partial charge on any atom is 0.0406 e. The Morgan fingerprint density at radius 3 is 2.44 bits per heavy atom. The largest absolute Gasteiger partial charge is 0.310 e. The second-order valence-corrected chi connectivity index (χ2v) is 5.75. The van der Waals surface area contributed by atoms with Gasteiger partial charge in [-0.3, -0.25) is 0 Å². The molecule has 2 rings (SSSR count). The van der Waals surface area contributed by atoms with Gasteiger partial charge in [0.25, 0.3) is 0 Å². The molecule has 1 aliphatic rings. The Morgan fingerprint density at radius 1 is 1.31 bits per heavy atom. The third-order valence-electron chi connectivity index (χ3n) is 3.77. The van der Waals surface area contributed by atoms with E-state index in [9.17, 15) is 0 Å². The van der Waals surface area contributed by atoms with E-state index >= 15 is 0 Å². The predicted molar refractivity (Wildman–Crippen MR) is 69.8 cm³/mol. The van der Waals surface area contributed by atoms with E-state index in [0.29, 0.717) is 11.5 Å². The Hall–Kier alpha value is -0.530. The van der Waals surface area contributed by atoms with E-state index in [-0.39, 0.29) is 0 Å². The van der Waals surface area contributed by atoms with E-state index in [0.717, 1.165) is 11.6 Å². The molecule has 1 aliphatic carbocycles. The molecule has 0 radical (unpaired) electrons. The number of hydrogen-bond acceptors (Lipinski definition) is 1. The van der Waals surface area contributed by atoms with Crippen LogP contribution < -0.4 is 5.32 Å². The normalized spacial score (nSPS) is 20.2. The summed E-state index contributed by atoms with van der Waals surface area (Å²) >= 11 is 5.88. The topological polar surface area (TPSA) is 12.0 Å². The van der Waals surface area contributed by atoms with Crippen LogP contribution in [-0.2, 0) is 0 Å². The van der Waals surface area contributed by atoms with E-state index in [4.69, 9.17) is 11.6 Å². The molecule has 1 N–H and O–H groups in total. The Bertz CT molecular complexity index is 340. The van der Waals surface area contributed by atoms with Crippen molar-refractivity contribution >= 4 is 11.6 Å². The summed E-state index contributed by atoms with van der Waals surface area (Å²) in [6, 6.07) is 8.53. The van der Waals surface area contributed by atoms with Gasteiger partial charge < -0.3 is 5.32 Å². The van der Waals surface area contributed by atoms with Crippen LogP contribution in [0.25, 0.3) is 0 Å². The Labute approximate surface area is 103 Å². The van der Waals surface area contributed by atoms with Gasteiger partial charge in [-0.2, -0.15) is 0 Å². The molecular formula is C14H20ClN. The molecule has 1 aromatic rings. The lowest BCUT2D eigenvalue weighted by Gasteiger charge is -2.39. The number of rotatable bonds is 4. The molecule has 0 heterocycles. The van der Waals surface area contributed by atoms with Crippen molar-refractivity contribution in [2.45, 2.75) is 39.2 Å². The average molecular weight is 238 g/mol. The van der Waals surface area contributed by atoms with Gasteiger partial charge in [-0.15, -0.1) is 0 Å². The molecule has 0 amide bonds. The van der Waals surface area contributed by atoms with E-state index in [1.165, 1.54) is 24.8 Å². The van der Waals surface area contributed by atoms with Crippen LogP contribution in [0, 0.1) is 5.41 Å². The molecule has 1 atom stereocenters. The van der Waals surface area contributed by atoms with Gasteiger partial charge in [0.1, 0.15) is 0 Å². The molecule has 0 saturated heterocycles. The van der Waals surface area contributed by atoms with Gasteiger partial charge in [-0.25, -0.2) is 0 Å². The fourth-order valence-electron chi connectivity index (χ4n) is 2.23. The van der Waals surface area contributed by atoms with Gasteiger partial charge in [0.15, 0.2) is 0 Å². The summed E-state index contributed by atoms with van der Waals surface area (Å²) in [5, 5.41) is 4.43. The number of nitrogens with one attached hydrogen (secondary N) is 1. The summed E-state index contributed by atoms with van der Waals surface area (Å²) in [6.45, 7) is 5.71. The second kappa shape index (κ2) is 4.77. The molecule has 1 fully saturated rings. The fraction of sp³-hybridized carbons (Fsp3) is 0.571. The van der Waals surface area contributed by atoms with E-state index < -0.39 is 0 Å². The van der Waals surface area contributed by atoms with Crippen LogP contribution in [0.2, 0.25) is 5.02 Å². The van der Waals surface area contributed by atoms with Crippen LogP contribution in [0.1, 0.15) is 44.7 Å². The lowest BCUT2D eigenvalue weighted by atomic mass is 9.70. The van der Waals surface area contributed by atoms with E-state index in [1.807, 2.05) is 12.1 Å². The summed E-state index contributed by atoms with van der Waals surface area (Å²) in [5.41, 5.74) is 1.85. The molecule has 0 aliphatic heterocycles. The van der Waals surface area contributed by atoms with Crippen molar-refractivity contribution in [2.75, 3.05) is 6.54 Å². The van der Waals surface area contributed by atoms with E-state index in [1.54, 1.807) is 0 Å². The smallest absolute Gasteiger partial charge is 0.0406 e. The van der Waals surface area contributed by atoms with Gasteiger partial charge in [0, 0.05) is 17.6 Å². The summed E-state index contributed by atoms with van der Waals surface area (Å²) in [7, 11) is 0. The molecule has 16 heavy (non-hydrogen) atoms. The summed E-state index contributed by atoms with van der Waals surface area (Å²) in [6.07, 6.45) is 4.13. The number of halogens is 1. The highest BCUT2D eigenvalue weighted by atomic mass is 35.5. The van der Waals surface area contributed by atoms with Gasteiger partial charge >= 0.3 is 0 Å². The third kappa shape index (κ3) is 2.78. The first-order valence-electron chi connectivity index (χ1n) is 6.08. The first-order chi connectivity index (χ1) is 7.59. The van der Waals surface area contributed by atoms with Crippen molar-refractivity contribution in [1.82, 2.24) is 5.32 Å². The van der Waals surface area contributed by atoms with Gasteiger partial charge in [0.05, 0.1) is 0 Å². The molecule has 0 bridgehead atoms. The zero-order valence-electron chi connectivity index (χ0n) is 10.1. The zero-order valence-corrected chi connectivity index (χ0v) is 10.8. The zero-order chi connectivity index (χ0) is 11.6. The minimum atomic E-state index is 0.412. The first kappa shape index (κ1) is 11.9. The standard InChI is InChI=1S/C14H20ClN/c1-11(12-4-6-13(15)7-5-12)16-10-14(2)8-3-9-14/h4-7,11,16H,3,8-10H2,1-2H3. The monoisotopic (exact) mass is 237 g/mol. The van der Waals surface area contributed by atoms with Gasteiger partial charge in [0.2, 0.25) is 0 Å². The summed E-state index contributed by atoms with van der Waals surface area (Å²) in [5.74, 6) is 0. The Balaban J connectivity index is 1.87. The van der Waals surface area contributed by atoms with Crippen LogP contribution >= 0.6 is 11.6 Å². The highest BCUT2D eigenvalue weighted by Gasteiger charge is 2.31. The van der Waals surface area contributed by atoms with Crippen molar-refractivity contribution in [3.8, 4) is 0 Å². The molecule has 1 unspecified atom stereocenters. The molecule has 2 heteroatoms. The summed E-state index contributed by atoms with van der Waals surface area (Å²) in [4.78, 5) is 0. The maximum atomic E-state index is 5.88. The SMILES string of the molecule is CC(NCC1(C)CCC1)c1ccc(Cl)cc1. The average Bonchev–Trinajstić information content (AvgIpc) is 2.24. The van der Waals surface area contributed by atoms with Crippen LogP contribution in [0.15, 0.2) is 24.3 Å². The molecule has 88 valence electrons. The first-order valence-corrected chi connectivity index (χ1v) is 6.46. The van der Waals surface area contributed by atoms with Crippen LogP contribution in [0.5, 0.6) is 0 Å². The molecule has 0 spiro atoms. The summed E-state index contributed by atoms with van der Waals surface area (Å²) < 4.78 is 0. The highest BCUT2D eigenvalue weighted by molar-refractivity contribution is 6.30. The fourth-order valence-corrected chi connectivity index (χ4v) is 2.35. The Kier molecular flexibility index (Phi) is 3.56. The predicted octanol–water partition coefficient (Wildman–Crippen LogP) is 4.18. The maximum absolute atomic E-state index is 5.88. The van der Waals surface area contributed by atoms with Gasteiger partial charge in [-0.05, 0) is 42.9 Å². The lowest BCUT2D eigenvalue weighted by Crippen LogP contribution is -2.38. The van der Waals surface area contributed by atoms with E-state index in [2.05, 4.69) is 31.3 Å². The molecule has 0 aromatic heterocycles. The lowest BCUT2D eigenvalue weighted by molar-refractivity contribution is 0.152. The van der Waals surface area contributed by atoms with Gasteiger partial charge in [-0.1, -0.05) is 37.1 Å². The minimum Gasteiger partial charge on any atom is -0.310 e. The van der Waals surface area contributed by atoms with Crippen LogP contribution in [-0.4, -0.2) is 6.54 Å². The van der Waals surface area contributed by atoms with Crippen molar-refractivity contribution in [2.24, 2.45) is 5.41 Å². The molecule has 1 nitrogen and oxygen atoms in total. The quantitative estimate of drug-likeness (QED) is 0.829. The highest BCUT2D eigenvalue weighted by Crippen LogP contribution is 2.39. The van der Waals surface area contributed by atoms with Crippen LogP contribution in [0.3, 0.4) is 0 Å². The van der Waals surface area contributed by atoms with Crippen molar-refractivity contribution < 1.29 is 0 Å². The molecular weight excluding hydrogens is 218 g/mol. The number of benzene rings is 1. The van der Waals surface area contributed by atoms with Crippen molar-refractivity contribution in [3.05, 3.63) is 34.9 Å². The Morgan fingerprint density at radius 2 is 1.94 bits per heavy atom. The number of hydrogen-bond donors (Lipinski definition) is 1.